The third-order valence-corrected chi connectivity index (χ3v) is 3.83. The highest BCUT2D eigenvalue weighted by atomic mass is 16.4. The number of aromatic amines is 1. The highest BCUT2D eigenvalue weighted by Crippen LogP contribution is 2.21. The Balaban J connectivity index is 1.75. The van der Waals surface area contributed by atoms with Crippen molar-refractivity contribution >= 4 is 11.9 Å². The van der Waals surface area contributed by atoms with E-state index in [9.17, 15) is 9.59 Å². The van der Waals surface area contributed by atoms with Crippen molar-refractivity contribution in [1.82, 2.24) is 9.88 Å². The summed E-state index contributed by atoms with van der Waals surface area (Å²) in [7, 11) is 0. The molecule has 0 aliphatic carbocycles. The maximum Gasteiger partial charge on any atom is 0.308 e. The number of carbonyl (C=O) groups is 2. The van der Waals surface area contributed by atoms with Crippen molar-refractivity contribution in [3.05, 3.63) is 48.2 Å². The number of likely N-dealkylation sites (tertiary alicyclic amines) is 1. The van der Waals surface area contributed by atoms with Gasteiger partial charge in [-0.15, -0.1) is 0 Å². The first-order valence-electron chi connectivity index (χ1n) is 6.91. The molecule has 1 saturated heterocycles. The molecule has 1 unspecified atom stereocenters. The summed E-state index contributed by atoms with van der Waals surface area (Å²) < 4.78 is 0. The van der Waals surface area contributed by atoms with Crippen LogP contribution >= 0.6 is 0 Å². The van der Waals surface area contributed by atoms with E-state index in [0.717, 1.165) is 11.3 Å². The molecular weight excluding hydrogens is 268 g/mol. The summed E-state index contributed by atoms with van der Waals surface area (Å²) >= 11 is 0. The standard InChI is InChI=1S/C16H16N2O3/c19-15(18-9-8-12(10-18)16(20)21)14-7-6-13(17-14)11-4-2-1-3-5-11/h1-7,12,17H,8-10H2,(H,20,21). The average Bonchev–Trinajstić information content (AvgIpc) is 3.17. The third kappa shape index (κ3) is 2.67. The molecule has 108 valence electrons. The van der Waals surface area contributed by atoms with Gasteiger partial charge >= 0.3 is 5.97 Å². The van der Waals surface area contributed by atoms with Crippen molar-refractivity contribution in [2.75, 3.05) is 13.1 Å². The van der Waals surface area contributed by atoms with Crippen LogP contribution < -0.4 is 0 Å². The summed E-state index contributed by atoms with van der Waals surface area (Å²) in [4.78, 5) is 28.0. The monoisotopic (exact) mass is 284 g/mol. The number of hydrogen-bond donors (Lipinski definition) is 2. The number of aromatic nitrogens is 1. The van der Waals surface area contributed by atoms with Crippen LogP contribution in [0.5, 0.6) is 0 Å². The molecule has 2 N–H and O–H groups in total. The number of nitrogens with zero attached hydrogens (tertiary/aromatic N) is 1. The molecular formula is C16H16N2O3. The lowest BCUT2D eigenvalue weighted by molar-refractivity contribution is -0.141. The molecule has 21 heavy (non-hydrogen) atoms. The summed E-state index contributed by atoms with van der Waals surface area (Å²) in [6.45, 7) is 0.781. The number of carboxylic acids is 1. The van der Waals surface area contributed by atoms with Crippen LogP contribution in [0.1, 0.15) is 16.9 Å². The van der Waals surface area contributed by atoms with Crippen LogP contribution in [-0.2, 0) is 4.79 Å². The summed E-state index contributed by atoms with van der Waals surface area (Å²) in [5, 5.41) is 8.99. The Bertz CT molecular complexity index is 663. The first kappa shape index (κ1) is 13.4. The molecule has 0 radical (unpaired) electrons. The minimum absolute atomic E-state index is 0.138. The molecule has 1 aromatic carbocycles. The fourth-order valence-corrected chi connectivity index (χ4v) is 2.62. The predicted molar refractivity (Wildman–Crippen MR) is 77.9 cm³/mol. The number of carboxylic acid groups (broad SMARTS) is 1. The summed E-state index contributed by atoms with van der Waals surface area (Å²) in [6.07, 6.45) is 0.521. The summed E-state index contributed by atoms with van der Waals surface area (Å²) in [6, 6.07) is 13.4. The molecule has 1 aliphatic rings. The van der Waals surface area contributed by atoms with E-state index in [-0.39, 0.29) is 12.5 Å². The molecule has 0 spiro atoms. The fourth-order valence-electron chi connectivity index (χ4n) is 2.62. The zero-order valence-electron chi connectivity index (χ0n) is 11.5. The summed E-state index contributed by atoms with van der Waals surface area (Å²) in [5.74, 6) is -1.42. The minimum atomic E-state index is -0.832. The number of amides is 1. The van der Waals surface area contributed by atoms with Gasteiger partial charge in [0.25, 0.3) is 5.91 Å². The van der Waals surface area contributed by atoms with E-state index in [0.29, 0.717) is 18.7 Å². The molecule has 1 aromatic heterocycles. The molecule has 1 amide bonds. The van der Waals surface area contributed by atoms with Crippen LogP contribution in [0.4, 0.5) is 0 Å². The second kappa shape index (κ2) is 5.44. The zero-order chi connectivity index (χ0) is 14.8. The number of H-pyrrole nitrogens is 1. The van der Waals surface area contributed by atoms with Gasteiger partial charge in [0.15, 0.2) is 0 Å². The molecule has 5 nitrogen and oxygen atoms in total. The van der Waals surface area contributed by atoms with E-state index >= 15 is 0 Å². The SMILES string of the molecule is O=C(O)C1CCN(C(=O)c2ccc(-c3ccccc3)[nH]2)C1. The van der Waals surface area contributed by atoms with Gasteiger partial charge < -0.3 is 15.0 Å². The Morgan fingerprint density at radius 2 is 1.90 bits per heavy atom. The minimum Gasteiger partial charge on any atom is -0.481 e. The molecule has 1 fully saturated rings. The lowest BCUT2D eigenvalue weighted by atomic mass is 10.1. The van der Waals surface area contributed by atoms with E-state index in [1.807, 2.05) is 36.4 Å². The van der Waals surface area contributed by atoms with Crippen LogP contribution in [0.15, 0.2) is 42.5 Å². The van der Waals surface area contributed by atoms with Gasteiger partial charge in [0.1, 0.15) is 5.69 Å². The normalized spacial score (nSPS) is 17.9. The van der Waals surface area contributed by atoms with Gasteiger partial charge in [-0.25, -0.2) is 0 Å². The molecule has 1 aliphatic heterocycles. The lowest BCUT2D eigenvalue weighted by Gasteiger charge is -2.14. The predicted octanol–water partition coefficient (Wildman–Crippen LogP) is 2.23. The van der Waals surface area contributed by atoms with Gasteiger partial charge in [0.2, 0.25) is 0 Å². The Labute approximate surface area is 122 Å². The van der Waals surface area contributed by atoms with Gasteiger partial charge in [-0.05, 0) is 24.1 Å². The van der Waals surface area contributed by atoms with Gasteiger partial charge in [-0.1, -0.05) is 30.3 Å². The van der Waals surface area contributed by atoms with Crippen LogP contribution in [0, 0.1) is 5.92 Å². The Kier molecular flexibility index (Phi) is 3.48. The van der Waals surface area contributed by atoms with Crippen molar-refractivity contribution < 1.29 is 14.7 Å². The number of rotatable bonds is 3. The van der Waals surface area contributed by atoms with Crippen LogP contribution in [0.3, 0.4) is 0 Å². The molecule has 1 atom stereocenters. The number of carbonyl (C=O) groups excluding carboxylic acids is 1. The smallest absolute Gasteiger partial charge is 0.308 e. The summed E-state index contributed by atoms with van der Waals surface area (Å²) in [5.41, 5.74) is 2.40. The second-order valence-corrected chi connectivity index (χ2v) is 5.23. The Morgan fingerprint density at radius 3 is 2.57 bits per heavy atom. The first-order valence-corrected chi connectivity index (χ1v) is 6.91. The molecule has 2 heterocycles. The van der Waals surface area contributed by atoms with E-state index in [4.69, 9.17) is 5.11 Å². The van der Waals surface area contributed by atoms with E-state index in [1.54, 1.807) is 11.0 Å². The van der Waals surface area contributed by atoms with E-state index < -0.39 is 11.9 Å². The molecule has 5 heteroatoms. The number of hydrogen-bond acceptors (Lipinski definition) is 2. The average molecular weight is 284 g/mol. The van der Waals surface area contributed by atoms with Gasteiger partial charge in [-0.2, -0.15) is 0 Å². The van der Waals surface area contributed by atoms with Crippen molar-refractivity contribution in [1.29, 1.82) is 0 Å². The van der Waals surface area contributed by atoms with Crippen molar-refractivity contribution in [3.8, 4) is 11.3 Å². The number of benzene rings is 1. The van der Waals surface area contributed by atoms with Crippen LogP contribution in [0.2, 0.25) is 0 Å². The van der Waals surface area contributed by atoms with E-state index in [1.165, 1.54) is 0 Å². The topological polar surface area (TPSA) is 73.4 Å². The molecule has 0 bridgehead atoms. The van der Waals surface area contributed by atoms with E-state index in [2.05, 4.69) is 4.98 Å². The third-order valence-electron chi connectivity index (χ3n) is 3.83. The number of aliphatic carboxylic acids is 1. The van der Waals surface area contributed by atoms with Crippen LogP contribution in [-0.4, -0.2) is 40.0 Å². The molecule has 2 aromatic rings. The van der Waals surface area contributed by atoms with Crippen LogP contribution in [0.25, 0.3) is 11.3 Å². The maximum atomic E-state index is 12.4. The fraction of sp³-hybridized carbons (Fsp3) is 0.250. The Morgan fingerprint density at radius 1 is 1.14 bits per heavy atom. The number of nitrogens with one attached hydrogen (secondary N) is 1. The van der Waals surface area contributed by atoms with Gasteiger partial charge in [0.05, 0.1) is 5.92 Å². The maximum absolute atomic E-state index is 12.4. The van der Waals surface area contributed by atoms with Crippen molar-refractivity contribution in [3.63, 3.8) is 0 Å². The van der Waals surface area contributed by atoms with Crippen molar-refractivity contribution in [2.45, 2.75) is 6.42 Å². The lowest BCUT2D eigenvalue weighted by Crippen LogP contribution is -2.30. The first-order chi connectivity index (χ1) is 10.1. The quantitative estimate of drug-likeness (QED) is 0.907. The van der Waals surface area contributed by atoms with Gasteiger partial charge in [0, 0.05) is 18.8 Å². The van der Waals surface area contributed by atoms with Gasteiger partial charge in [-0.3, -0.25) is 9.59 Å². The second-order valence-electron chi connectivity index (χ2n) is 5.23. The highest BCUT2D eigenvalue weighted by molar-refractivity contribution is 5.94. The molecule has 3 rings (SSSR count). The highest BCUT2D eigenvalue weighted by Gasteiger charge is 2.31. The Hall–Kier alpha value is -2.56. The zero-order valence-corrected chi connectivity index (χ0v) is 11.5. The molecule has 0 saturated carbocycles. The van der Waals surface area contributed by atoms with Crippen molar-refractivity contribution in [2.24, 2.45) is 5.92 Å². The largest absolute Gasteiger partial charge is 0.481 e.